The molecule has 2 heterocycles. The van der Waals surface area contributed by atoms with Crippen LogP contribution < -0.4 is 0 Å². The number of ether oxygens (including phenoxy) is 2. The second-order valence-corrected chi connectivity index (χ2v) is 4.68. The quantitative estimate of drug-likeness (QED) is 0.763. The van der Waals surface area contributed by atoms with Crippen LogP contribution >= 0.6 is 0 Å². The molecule has 0 bridgehead atoms. The second-order valence-electron chi connectivity index (χ2n) is 4.68. The molecule has 0 aromatic carbocycles. The first kappa shape index (κ1) is 12.3. The van der Waals surface area contributed by atoms with Crippen LogP contribution in [-0.2, 0) is 9.47 Å². The standard InChI is InChI=1S/C12H23NO3/c14-10-11-4-3-6-13(11)7-9-16-12-5-1-2-8-15-12/h11-12,14H,1-10H2/t11-,12?/m0/s1. The molecule has 2 atom stereocenters. The van der Waals surface area contributed by atoms with E-state index in [1.165, 1.54) is 19.3 Å². The van der Waals surface area contributed by atoms with Gasteiger partial charge >= 0.3 is 0 Å². The van der Waals surface area contributed by atoms with Gasteiger partial charge < -0.3 is 14.6 Å². The Labute approximate surface area is 97.5 Å². The molecular weight excluding hydrogens is 206 g/mol. The van der Waals surface area contributed by atoms with Gasteiger partial charge in [-0.25, -0.2) is 0 Å². The Morgan fingerprint density at radius 2 is 2.19 bits per heavy atom. The van der Waals surface area contributed by atoms with Crippen LogP contribution in [0.3, 0.4) is 0 Å². The monoisotopic (exact) mass is 229 g/mol. The first-order chi connectivity index (χ1) is 7.90. The Morgan fingerprint density at radius 1 is 1.25 bits per heavy atom. The fraction of sp³-hybridized carbons (Fsp3) is 1.00. The zero-order chi connectivity index (χ0) is 11.2. The van der Waals surface area contributed by atoms with Crippen molar-refractivity contribution >= 4 is 0 Å². The largest absolute Gasteiger partial charge is 0.395 e. The normalized spacial score (nSPS) is 32.1. The maximum atomic E-state index is 9.18. The van der Waals surface area contributed by atoms with Gasteiger partial charge in [-0.05, 0) is 38.6 Å². The molecule has 1 unspecified atom stereocenters. The van der Waals surface area contributed by atoms with Crippen molar-refractivity contribution in [2.24, 2.45) is 0 Å². The van der Waals surface area contributed by atoms with Gasteiger partial charge in [0, 0.05) is 19.2 Å². The van der Waals surface area contributed by atoms with E-state index in [1.54, 1.807) is 0 Å². The van der Waals surface area contributed by atoms with E-state index in [2.05, 4.69) is 4.90 Å². The predicted molar refractivity (Wildman–Crippen MR) is 61.2 cm³/mol. The SMILES string of the molecule is OC[C@@H]1CCCN1CCOC1CCCCO1. The Bertz CT molecular complexity index is 195. The highest BCUT2D eigenvalue weighted by Crippen LogP contribution is 2.17. The lowest BCUT2D eigenvalue weighted by molar-refractivity contribution is -0.164. The fourth-order valence-corrected chi connectivity index (χ4v) is 2.54. The summed E-state index contributed by atoms with van der Waals surface area (Å²) in [7, 11) is 0. The van der Waals surface area contributed by atoms with Crippen molar-refractivity contribution in [3.63, 3.8) is 0 Å². The molecule has 94 valence electrons. The molecule has 4 nitrogen and oxygen atoms in total. The molecule has 0 aliphatic carbocycles. The van der Waals surface area contributed by atoms with Gasteiger partial charge in [0.05, 0.1) is 13.2 Å². The first-order valence-corrected chi connectivity index (χ1v) is 6.48. The van der Waals surface area contributed by atoms with Crippen LogP contribution in [0, 0.1) is 0 Å². The lowest BCUT2D eigenvalue weighted by atomic mass is 10.2. The summed E-state index contributed by atoms with van der Waals surface area (Å²) < 4.78 is 11.2. The highest BCUT2D eigenvalue weighted by Gasteiger charge is 2.23. The lowest BCUT2D eigenvalue weighted by Crippen LogP contribution is -2.36. The van der Waals surface area contributed by atoms with Gasteiger partial charge in [0.15, 0.2) is 6.29 Å². The average Bonchev–Trinajstić information content (AvgIpc) is 2.78. The van der Waals surface area contributed by atoms with Crippen LogP contribution in [0.15, 0.2) is 0 Å². The predicted octanol–water partition coefficient (Wildman–Crippen LogP) is 0.986. The molecule has 0 saturated carbocycles. The van der Waals surface area contributed by atoms with E-state index < -0.39 is 0 Å². The summed E-state index contributed by atoms with van der Waals surface area (Å²) in [5.41, 5.74) is 0. The average molecular weight is 229 g/mol. The van der Waals surface area contributed by atoms with Crippen LogP contribution in [0.4, 0.5) is 0 Å². The topological polar surface area (TPSA) is 41.9 Å². The highest BCUT2D eigenvalue weighted by molar-refractivity contribution is 4.77. The second kappa shape index (κ2) is 6.55. The van der Waals surface area contributed by atoms with Gasteiger partial charge in [-0.2, -0.15) is 0 Å². The number of nitrogens with zero attached hydrogens (tertiary/aromatic N) is 1. The molecule has 2 rings (SSSR count). The Balaban J connectivity index is 1.59. The van der Waals surface area contributed by atoms with Crippen molar-refractivity contribution in [3.05, 3.63) is 0 Å². The van der Waals surface area contributed by atoms with Crippen LogP contribution in [0.5, 0.6) is 0 Å². The number of rotatable bonds is 5. The molecule has 16 heavy (non-hydrogen) atoms. The van der Waals surface area contributed by atoms with E-state index >= 15 is 0 Å². The molecule has 0 aromatic rings. The zero-order valence-corrected chi connectivity index (χ0v) is 9.94. The van der Waals surface area contributed by atoms with Crippen molar-refractivity contribution in [1.82, 2.24) is 4.90 Å². The minimum Gasteiger partial charge on any atom is -0.395 e. The molecule has 4 heteroatoms. The van der Waals surface area contributed by atoms with Gasteiger partial charge in [0.2, 0.25) is 0 Å². The fourth-order valence-electron chi connectivity index (χ4n) is 2.54. The van der Waals surface area contributed by atoms with E-state index in [9.17, 15) is 5.11 Å². The van der Waals surface area contributed by atoms with Crippen molar-refractivity contribution < 1.29 is 14.6 Å². The summed E-state index contributed by atoms with van der Waals surface area (Å²) in [5, 5.41) is 9.18. The molecular formula is C12H23NO3. The molecule has 2 aliphatic heterocycles. The smallest absolute Gasteiger partial charge is 0.157 e. The van der Waals surface area contributed by atoms with Crippen LogP contribution in [0.1, 0.15) is 32.1 Å². The summed E-state index contributed by atoms with van der Waals surface area (Å²) >= 11 is 0. The van der Waals surface area contributed by atoms with E-state index in [0.717, 1.165) is 39.1 Å². The molecule has 1 N–H and O–H groups in total. The number of aliphatic hydroxyl groups excluding tert-OH is 1. The Kier molecular flexibility index (Phi) is 5.03. The van der Waals surface area contributed by atoms with Crippen LogP contribution in [0.25, 0.3) is 0 Å². The van der Waals surface area contributed by atoms with Crippen molar-refractivity contribution in [2.45, 2.75) is 44.4 Å². The molecule has 0 spiro atoms. The van der Waals surface area contributed by atoms with Gasteiger partial charge in [-0.15, -0.1) is 0 Å². The van der Waals surface area contributed by atoms with Gasteiger partial charge in [-0.3, -0.25) is 4.90 Å². The molecule has 2 fully saturated rings. The summed E-state index contributed by atoms with van der Waals surface area (Å²) in [6.45, 7) is 3.86. The van der Waals surface area contributed by atoms with E-state index in [4.69, 9.17) is 9.47 Å². The maximum Gasteiger partial charge on any atom is 0.157 e. The number of likely N-dealkylation sites (tertiary alicyclic amines) is 1. The maximum absolute atomic E-state index is 9.18. The zero-order valence-electron chi connectivity index (χ0n) is 9.94. The van der Waals surface area contributed by atoms with E-state index in [1.807, 2.05) is 0 Å². The third-order valence-corrected chi connectivity index (χ3v) is 3.53. The van der Waals surface area contributed by atoms with Gasteiger partial charge in [0.25, 0.3) is 0 Å². The van der Waals surface area contributed by atoms with Crippen LogP contribution in [0.2, 0.25) is 0 Å². The van der Waals surface area contributed by atoms with Crippen molar-refractivity contribution in [2.75, 3.05) is 32.9 Å². The molecule has 0 radical (unpaired) electrons. The third kappa shape index (κ3) is 3.42. The molecule has 0 amide bonds. The summed E-state index contributed by atoms with van der Waals surface area (Å²) in [5.74, 6) is 0. The number of hydrogen-bond donors (Lipinski definition) is 1. The van der Waals surface area contributed by atoms with E-state index in [-0.39, 0.29) is 12.9 Å². The highest BCUT2D eigenvalue weighted by atomic mass is 16.7. The molecule has 0 aromatic heterocycles. The summed E-state index contributed by atoms with van der Waals surface area (Å²) in [4.78, 5) is 2.32. The minimum atomic E-state index is 0.0175. The number of hydrogen-bond acceptors (Lipinski definition) is 4. The Hall–Kier alpha value is -0.160. The lowest BCUT2D eigenvalue weighted by Gasteiger charge is -2.26. The van der Waals surface area contributed by atoms with Crippen molar-refractivity contribution in [3.8, 4) is 0 Å². The third-order valence-electron chi connectivity index (χ3n) is 3.53. The molecule has 2 saturated heterocycles. The summed E-state index contributed by atoms with van der Waals surface area (Å²) in [6.07, 6.45) is 5.75. The van der Waals surface area contributed by atoms with Crippen molar-refractivity contribution in [1.29, 1.82) is 0 Å². The van der Waals surface area contributed by atoms with Gasteiger partial charge in [0.1, 0.15) is 0 Å². The Morgan fingerprint density at radius 3 is 2.94 bits per heavy atom. The van der Waals surface area contributed by atoms with Gasteiger partial charge in [-0.1, -0.05) is 0 Å². The molecule has 2 aliphatic rings. The number of aliphatic hydroxyl groups is 1. The summed E-state index contributed by atoms with van der Waals surface area (Å²) in [6, 6.07) is 0.357. The van der Waals surface area contributed by atoms with E-state index in [0.29, 0.717) is 6.04 Å². The minimum absolute atomic E-state index is 0.0175. The first-order valence-electron chi connectivity index (χ1n) is 6.48. The van der Waals surface area contributed by atoms with Crippen LogP contribution in [-0.4, -0.2) is 55.2 Å².